The second kappa shape index (κ2) is 5.13. The van der Waals surface area contributed by atoms with Crippen molar-refractivity contribution in [3.05, 3.63) is 41.7 Å². The molecule has 0 saturated heterocycles. The number of halogens is 4. The maximum absolute atomic E-state index is 13.0. The smallest absolute Gasteiger partial charge is 0.433 e. The fourth-order valence-electron chi connectivity index (χ4n) is 1.72. The highest BCUT2D eigenvalue weighted by Gasteiger charge is 2.38. The zero-order valence-electron chi connectivity index (χ0n) is 9.91. The van der Waals surface area contributed by atoms with E-state index in [0.29, 0.717) is 5.75 Å². The van der Waals surface area contributed by atoms with Crippen LogP contribution in [-0.2, 0) is 12.1 Å². The number of methoxy groups -OCH3 is 1. The van der Waals surface area contributed by atoms with Crippen LogP contribution in [0.15, 0.2) is 30.5 Å². The average molecular weight is 291 g/mol. The van der Waals surface area contributed by atoms with Crippen LogP contribution in [0.25, 0.3) is 5.69 Å². The second-order valence-corrected chi connectivity index (χ2v) is 4.03. The lowest BCUT2D eigenvalue weighted by Crippen LogP contribution is -2.15. The number of benzene rings is 1. The minimum atomic E-state index is -4.52. The number of rotatable bonds is 3. The molecule has 1 aromatic carbocycles. The van der Waals surface area contributed by atoms with E-state index >= 15 is 0 Å². The van der Waals surface area contributed by atoms with Gasteiger partial charge in [-0.3, -0.25) is 0 Å². The van der Waals surface area contributed by atoms with Crippen LogP contribution in [0.4, 0.5) is 13.2 Å². The quantitative estimate of drug-likeness (QED) is 0.807. The van der Waals surface area contributed by atoms with E-state index in [4.69, 9.17) is 16.3 Å². The molecule has 0 N–H and O–H groups in total. The zero-order valence-corrected chi connectivity index (χ0v) is 10.7. The van der Waals surface area contributed by atoms with Gasteiger partial charge in [0.1, 0.15) is 5.75 Å². The summed E-state index contributed by atoms with van der Waals surface area (Å²) >= 11 is 5.52. The van der Waals surface area contributed by atoms with Crippen molar-refractivity contribution in [1.29, 1.82) is 0 Å². The van der Waals surface area contributed by atoms with Crippen molar-refractivity contribution in [2.45, 2.75) is 12.1 Å². The Morgan fingerprint density at radius 1 is 1.37 bits per heavy atom. The maximum atomic E-state index is 13.0. The topological polar surface area (TPSA) is 27.1 Å². The van der Waals surface area contributed by atoms with Gasteiger partial charge in [0, 0.05) is 11.6 Å². The Balaban J connectivity index is 2.59. The Kier molecular flexibility index (Phi) is 3.71. The molecule has 1 heterocycles. The molecule has 2 rings (SSSR count). The Labute approximate surface area is 112 Å². The predicted molar refractivity (Wildman–Crippen MR) is 64.7 cm³/mol. The van der Waals surface area contributed by atoms with Gasteiger partial charge in [-0.05, 0) is 12.1 Å². The van der Waals surface area contributed by atoms with Gasteiger partial charge in [-0.25, -0.2) is 4.68 Å². The van der Waals surface area contributed by atoms with Gasteiger partial charge in [-0.15, -0.1) is 11.6 Å². The van der Waals surface area contributed by atoms with E-state index in [9.17, 15) is 13.2 Å². The van der Waals surface area contributed by atoms with Gasteiger partial charge in [-0.1, -0.05) is 6.07 Å². The lowest BCUT2D eigenvalue weighted by atomic mass is 10.2. The van der Waals surface area contributed by atoms with Crippen LogP contribution in [0.1, 0.15) is 11.3 Å². The Morgan fingerprint density at radius 3 is 2.68 bits per heavy atom. The zero-order chi connectivity index (χ0) is 14.0. The highest BCUT2D eigenvalue weighted by atomic mass is 35.5. The predicted octanol–water partition coefficient (Wildman–Crippen LogP) is 3.64. The van der Waals surface area contributed by atoms with E-state index in [1.807, 2.05) is 0 Å². The molecule has 0 bridgehead atoms. The first-order valence-electron chi connectivity index (χ1n) is 5.32. The summed E-state index contributed by atoms with van der Waals surface area (Å²) in [6, 6.07) is 6.22. The molecule has 0 radical (unpaired) electrons. The molecule has 0 saturated carbocycles. The van der Waals surface area contributed by atoms with Crippen LogP contribution in [0.3, 0.4) is 0 Å². The van der Waals surface area contributed by atoms with Gasteiger partial charge < -0.3 is 4.74 Å². The highest BCUT2D eigenvalue weighted by Crippen LogP contribution is 2.34. The van der Waals surface area contributed by atoms with Gasteiger partial charge >= 0.3 is 6.18 Å². The molecule has 2 aromatic rings. The van der Waals surface area contributed by atoms with Gasteiger partial charge in [0.2, 0.25) is 0 Å². The normalized spacial score (nSPS) is 11.6. The third kappa shape index (κ3) is 2.68. The SMILES string of the molecule is COc1cccc(-n2ncc(CCl)c2C(F)(F)F)c1. The van der Waals surface area contributed by atoms with Crippen molar-refractivity contribution in [2.75, 3.05) is 7.11 Å². The number of hydrogen-bond acceptors (Lipinski definition) is 2. The minimum absolute atomic E-state index is 0.0583. The molecule has 1 aromatic heterocycles. The van der Waals surface area contributed by atoms with Crippen molar-refractivity contribution in [2.24, 2.45) is 0 Å². The molecular weight excluding hydrogens is 281 g/mol. The second-order valence-electron chi connectivity index (χ2n) is 3.76. The van der Waals surface area contributed by atoms with Crippen molar-refractivity contribution in [1.82, 2.24) is 9.78 Å². The number of alkyl halides is 4. The monoisotopic (exact) mass is 290 g/mol. The van der Waals surface area contributed by atoms with Crippen molar-refractivity contribution in [3.8, 4) is 11.4 Å². The summed E-state index contributed by atoms with van der Waals surface area (Å²) in [5.41, 5.74) is -0.657. The van der Waals surface area contributed by atoms with Gasteiger partial charge in [0.25, 0.3) is 0 Å². The first-order valence-corrected chi connectivity index (χ1v) is 5.85. The molecule has 102 valence electrons. The van der Waals surface area contributed by atoms with Crippen LogP contribution in [0.2, 0.25) is 0 Å². The Morgan fingerprint density at radius 2 is 2.11 bits per heavy atom. The molecule has 0 fully saturated rings. The molecule has 0 aliphatic rings. The van der Waals surface area contributed by atoms with Gasteiger partial charge in [-0.2, -0.15) is 18.3 Å². The molecule has 0 aliphatic heterocycles. The van der Waals surface area contributed by atoms with Crippen molar-refractivity contribution in [3.63, 3.8) is 0 Å². The van der Waals surface area contributed by atoms with Crippen LogP contribution in [0.5, 0.6) is 5.75 Å². The summed E-state index contributed by atoms with van der Waals surface area (Å²) in [5, 5.41) is 3.76. The molecule has 3 nitrogen and oxygen atoms in total. The third-order valence-corrected chi connectivity index (χ3v) is 2.84. The lowest BCUT2D eigenvalue weighted by molar-refractivity contribution is -0.143. The Bertz CT molecular complexity index is 581. The molecular formula is C12H10ClF3N2O. The highest BCUT2D eigenvalue weighted by molar-refractivity contribution is 6.17. The van der Waals surface area contributed by atoms with E-state index in [1.165, 1.54) is 19.2 Å². The lowest BCUT2D eigenvalue weighted by Gasteiger charge is -2.12. The summed E-state index contributed by atoms with van der Waals surface area (Å²) in [4.78, 5) is 0. The number of hydrogen-bond donors (Lipinski definition) is 0. The molecule has 19 heavy (non-hydrogen) atoms. The van der Waals surface area contributed by atoms with E-state index < -0.39 is 11.9 Å². The van der Waals surface area contributed by atoms with E-state index in [-0.39, 0.29) is 17.1 Å². The summed E-state index contributed by atoms with van der Waals surface area (Å²) in [5.74, 6) is 0.201. The Hall–Kier alpha value is -1.69. The molecule has 0 amide bonds. The van der Waals surface area contributed by atoms with Crippen LogP contribution in [0, 0.1) is 0 Å². The molecule has 0 unspecified atom stereocenters. The van der Waals surface area contributed by atoms with E-state index in [1.54, 1.807) is 12.1 Å². The van der Waals surface area contributed by atoms with Crippen LogP contribution < -0.4 is 4.74 Å². The van der Waals surface area contributed by atoms with Gasteiger partial charge in [0.05, 0.1) is 24.9 Å². The average Bonchev–Trinajstić information content (AvgIpc) is 2.82. The van der Waals surface area contributed by atoms with E-state index in [0.717, 1.165) is 10.9 Å². The summed E-state index contributed by atoms with van der Waals surface area (Å²) in [6.45, 7) is 0. The first kappa shape index (κ1) is 13.7. The molecule has 0 spiro atoms. The number of aromatic nitrogens is 2. The van der Waals surface area contributed by atoms with Crippen molar-refractivity contribution >= 4 is 11.6 Å². The molecule has 0 aliphatic carbocycles. The standard InChI is InChI=1S/C12H10ClF3N2O/c1-19-10-4-2-3-9(5-10)18-11(12(14,15)16)8(6-13)7-17-18/h2-5,7H,6H2,1H3. The van der Waals surface area contributed by atoms with E-state index in [2.05, 4.69) is 5.10 Å². The summed E-state index contributed by atoms with van der Waals surface area (Å²) < 4.78 is 44.9. The van der Waals surface area contributed by atoms with Crippen LogP contribution in [-0.4, -0.2) is 16.9 Å². The summed E-state index contributed by atoms with van der Waals surface area (Å²) in [7, 11) is 1.44. The minimum Gasteiger partial charge on any atom is -0.497 e. The maximum Gasteiger partial charge on any atom is 0.433 e. The molecule has 7 heteroatoms. The summed E-state index contributed by atoms with van der Waals surface area (Å²) in [6.07, 6.45) is -3.40. The van der Waals surface area contributed by atoms with Crippen LogP contribution >= 0.6 is 11.6 Å². The fraction of sp³-hybridized carbons (Fsp3) is 0.250. The number of nitrogens with zero attached hydrogens (tertiary/aromatic N) is 2. The van der Waals surface area contributed by atoms with Gasteiger partial charge in [0.15, 0.2) is 5.69 Å². The largest absolute Gasteiger partial charge is 0.497 e. The third-order valence-electron chi connectivity index (χ3n) is 2.56. The fourth-order valence-corrected chi connectivity index (χ4v) is 1.92. The molecule has 0 atom stereocenters. The number of ether oxygens (including phenoxy) is 1. The first-order chi connectivity index (χ1) is 8.97. The van der Waals surface area contributed by atoms with Crippen molar-refractivity contribution < 1.29 is 17.9 Å².